The standard InChI is InChI=1S/C7H9BrClN3O/c8-6-4(9)3-5(12-6)7(13)11-2-1-10/h3,12H,1-2,10H2,(H,11,13). The summed E-state index contributed by atoms with van der Waals surface area (Å²) in [7, 11) is 0. The topological polar surface area (TPSA) is 70.9 Å². The van der Waals surface area contributed by atoms with Gasteiger partial charge in [0.15, 0.2) is 0 Å². The van der Waals surface area contributed by atoms with Gasteiger partial charge < -0.3 is 16.0 Å². The summed E-state index contributed by atoms with van der Waals surface area (Å²) in [6, 6.07) is 1.55. The van der Waals surface area contributed by atoms with Crippen LogP contribution in [0.2, 0.25) is 5.02 Å². The normalized spacial score (nSPS) is 10.1. The highest BCUT2D eigenvalue weighted by atomic mass is 79.9. The number of carbonyl (C=O) groups is 1. The first kappa shape index (κ1) is 10.6. The minimum absolute atomic E-state index is 0.210. The van der Waals surface area contributed by atoms with Crippen molar-refractivity contribution in [2.45, 2.75) is 0 Å². The Morgan fingerprint density at radius 3 is 2.92 bits per heavy atom. The quantitative estimate of drug-likeness (QED) is 0.767. The maximum absolute atomic E-state index is 11.3. The van der Waals surface area contributed by atoms with Crippen LogP contribution in [0, 0.1) is 0 Å². The predicted molar refractivity (Wildman–Crippen MR) is 54.9 cm³/mol. The van der Waals surface area contributed by atoms with Gasteiger partial charge >= 0.3 is 0 Å². The minimum Gasteiger partial charge on any atom is -0.350 e. The van der Waals surface area contributed by atoms with Gasteiger partial charge in [0.2, 0.25) is 0 Å². The number of amides is 1. The van der Waals surface area contributed by atoms with Crippen LogP contribution in [0.25, 0.3) is 0 Å². The lowest BCUT2D eigenvalue weighted by Gasteiger charge is -1.99. The molecule has 1 rings (SSSR count). The molecule has 13 heavy (non-hydrogen) atoms. The average molecular weight is 267 g/mol. The number of aromatic nitrogens is 1. The fraction of sp³-hybridized carbons (Fsp3) is 0.286. The van der Waals surface area contributed by atoms with Crippen molar-refractivity contribution in [2.24, 2.45) is 5.73 Å². The summed E-state index contributed by atoms with van der Waals surface area (Å²) in [6.07, 6.45) is 0. The summed E-state index contributed by atoms with van der Waals surface area (Å²) in [5.74, 6) is -0.210. The Morgan fingerprint density at radius 1 is 1.77 bits per heavy atom. The molecule has 1 aromatic heterocycles. The molecule has 72 valence electrons. The number of hydrogen-bond donors (Lipinski definition) is 3. The predicted octanol–water partition coefficient (Wildman–Crippen LogP) is 1.12. The van der Waals surface area contributed by atoms with Gasteiger partial charge in [-0.25, -0.2) is 0 Å². The van der Waals surface area contributed by atoms with Gasteiger partial charge in [0.25, 0.3) is 5.91 Å². The highest BCUT2D eigenvalue weighted by Crippen LogP contribution is 2.22. The zero-order valence-electron chi connectivity index (χ0n) is 6.73. The van der Waals surface area contributed by atoms with Crippen LogP contribution in [-0.4, -0.2) is 24.0 Å². The number of H-pyrrole nitrogens is 1. The van der Waals surface area contributed by atoms with E-state index in [9.17, 15) is 4.79 Å². The molecule has 4 nitrogen and oxygen atoms in total. The number of aromatic amines is 1. The van der Waals surface area contributed by atoms with Crippen molar-refractivity contribution < 1.29 is 4.79 Å². The first-order valence-corrected chi connectivity index (χ1v) is 4.84. The van der Waals surface area contributed by atoms with E-state index >= 15 is 0 Å². The van der Waals surface area contributed by atoms with E-state index in [4.69, 9.17) is 17.3 Å². The average Bonchev–Trinajstić information content (AvgIpc) is 2.43. The molecule has 0 aliphatic carbocycles. The smallest absolute Gasteiger partial charge is 0.267 e. The molecule has 1 aromatic rings. The lowest BCUT2D eigenvalue weighted by Crippen LogP contribution is -2.29. The summed E-state index contributed by atoms with van der Waals surface area (Å²) < 4.78 is 0.604. The van der Waals surface area contributed by atoms with Crippen LogP contribution in [0.15, 0.2) is 10.7 Å². The maximum Gasteiger partial charge on any atom is 0.267 e. The zero-order valence-corrected chi connectivity index (χ0v) is 9.08. The fourth-order valence-electron chi connectivity index (χ4n) is 0.807. The minimum atomic E-state index is -0.210. The van der Waals surface area contributed by atoms with Crippen LogP contribution in [-0.2, 0) is 0 Å². The molecule has 0 aliphatic rings. The number of nitrogens with one attached hydrogen (secondary N) is 2. The van der Waals surface area contributed by atoms with Crippen LogP contribution in [0.4, 0.5) is 0 Å². The second kappa shape index (κ2) is 4.64. The van der Waals surface area contributed by atoms with E-state index in [1.165, 1.54) is 0 Å². The highest BCUT2D eigenvalue weighted by molar-refractivity contribution is 9.10. The Balaban J connectivity index is 2.66. The molecule has 6 heteroatoms. The van der Waals surface area contributed by atoms with Crippen molar-refractivity contribution in [3.63, 3.8) is 0 Å². The van der Waals surface area contributed by atoms with Crippen molar-refractivity contribution in [1.82, 2.24) is 10.3 Å². The maximum atomic E-state index is 11.3. The van der Waals surface area contributed by atoms with Crippen LogP contribution in [0.1, 0.15) is 10.5 Å². The summed E-state index contributed by atoms with van der Waals surface area (Å²) in [5.41, 5.74) is 5.65. The Labute approximate surface area is 89.0 Å². The number of hydrogen-bond acceptors (Lipinski definition) is 2. The molecule has 0 unspecified atom stereocenters. The van der Waals surface area contributed by atoms with E-state index in [0.29, 0.717) is 28.4 Å². The molecular weight excluding hydrogens is 257 g/mol. The van der Waals surface area contributed by atoms with Crippen molar-refractivity contribution in [3.05, 3.63) is 21.4 Å². The van der Waals surface area contributed by atoms with Gasteiger partial charge in [0.05, 0.1) is 5.02 Å². The molecule has 0 saturated heterocycles. The van der Waals surface area contributed by atoms with Crippen molar-refractivity contribution in [1.29, 1.82) is 0 Å². The van der Waals surface area contributed by atoms with Gasteiger partial charge in [0, 0.05) is 13.1 Å². The zero-order chi connectivity index (χ0) is 9.84. The van der Waals surface area contributed by atoms with Gasteiger partial charge in [-0.2, -0.15) is 0 Å². The third kappa shape index (κ3) is 2.72. The molecule has 0 aliphatic heterocycles. The molecule has 0 saturated carbocycles. The first-order chi connectivity index (χ1) is 6.15. The first-order valence-electron chi connectivity index (χ1n) is 3.67. The van der Waals surface area contributed by atoms with Crippen LogP contribution < -0.4 is 11.1 Å². The van der Waals surface area contributed by atoms with E-state index in [-0.39, 0.29) is 5.91 Å². The summed E-state index contributed by atoms with van der Waals surface area (Å²) in [6.45, 7) is 0.869. The molecule has 1 heterocycles. The SMILES string of the molecule is NCCNC(=O)c1cc(Cl)c(Br)[nH]1. The Morgan fingerprint density at radius 2 is 2.46 bits per heavy atom. The van der Waals surface area contributed by atoms with Gasteiger partial charge in [-0.05, 0) is 22.0 Å². The Bertz CT molecular complexity index is 293. The fourth-order valence-corrected chi connectivity index (χ4v) is 1.29. The number of rotatable bonds is 3. The van der Waals surface area contributed by atoms with Crippen LogP contribution in [0.5, 0.6) is 0 Å². The molecule has 0 bridgehead atoms. The number of carbonyl (C=O) groups excluding carboxylic acids is 1. The van der Waals surface area contributed by atoms with Crippen LogP contribution >= 0.6 is 27.5 Å². The number of nitrogens with two attached hydrogens (primary N) is 1. The van der Waals surface area contributed by atoms with Crippen molar-refractivity contribution >= 4 is 33.4 Å². The van der Waals surface area contributed by atoms with E-state index in [0.717, 1.165) is 0 Å². The Hall–Kier alpha value is -0.520. The molecule has 0 fully saturated rings. The van der Waals surface area contributed by atoms with Crippen LogP contribution in [0.3, 0.4) is 0 Å². The molecule has 0 spiro atoms. The largest absolute Gasteiger partial charge is 0.350 e. The second-order valence-corrected chi connectivity index (χ2v) is 3.59. The highest BCUT2D eigenvalue weighted by Gasteiger charge is 2.09. The lowest BCUT2D eigenvalue weighted by molar-refractivity contribution is 0.0950. The molecule has 0 atom stereocenters. The van der Waals surface area contributed by atoms with Gasteiger partial charge in [-0.3, -0.25) is 4.79 Å². The summed E-state index contributed by atoms with van der Waals surface area (Å²) in [4.78, 5) is 14.1. The summed E-state index contributed by atoms with van der Waals surface area (Å²) >= 11 is 8.89. The van der Waals surface area contributed by atoms with Gasteiger partial charge in [-0.15, -0.1) is 0 Å². The van der Waals surface area contributed by atoms with E-state index < -0.39 is 0 Å². The monoisotopic (exact) mass is 265 g/mol. The van der Waals surface area contributed by atoms with Gasteiger partial charge in [0.1, 0.15) is 10.3 Å². The molecule has 4 N–H and O–H groups in total. The van der Waals surface area contributed by atoms with Gasteiger partial charge in [-0.1, -0.05) is 11.6 Å². The number of halogens is 2. The lowest BCUT2D eigenvalue weighted by atomic mass is 10.4. The Kier molecular flexibility index (Phi) is 3.77. The molecule has 0 radical (unpaired) electrons. The van der Waals surface area contributed by atoms with E-state index in [1.54, 1.807) is 6.07 Å². The molecule has 0 aromatic carbocycles. The molecule has 1 amide bonds. The van der Waals surface area contributed by atoms with Crippen molar-refractivity contribution in [3.8, 4) is 0 Å². The molecular formula is C7H9BrClN3O. The van der Waals surface area contributed by atoms with E-state index in [2.05, 4.69) is 26.2 Å². The van der Waals surface area contributed by atoms with E-state index in [1.807, 2.05) is 0 Å². The second-order valence-electron chi connectivity index (χ2n) is 2.39. The van der Waals surface area contributed by atoms with Crippen molar-refractivity contribution in [2.75, 3.05) is 13.1 Å². The third-order valence-electron chi connectivity index (χ3n) is 1.40. The third-order valence-corrected chi connectivity index (χ3v) is 2.55. The summed E-state index contributed by atoms with van der Waals surface area (Å²) in [5, 5.41) is 3.10.